The molecule has 1 fully saturated rings. The summed E-state index contributed by atoms with van der Waals surface area (Å²) in [5.74, 6) is 0.304. The first-order valence-corrected chi connectivity index (χ1v) is 6.40. The van der Waals surface area contributed by atoms with Crippen LogP contribution in [0.5, 0.6) is 0 Å². The molecule has 21 heavy (non-hydrogen) atoms. The lowest BCUT2D eigenvalue weighted by Gasteiger charge is -2.28. The van der Waals surface area contributed by atoms with Gasteiger partial charge in [-0.2, -0.15) is 0 Å². The second-order valence-electron chi connectivity index (χ2n) is 4.96. The number of ether oxygens (including phenoxy) is 1. The van der Waals surface area contributed by atoms with Crippen molar-refractivity contribution in [2.75, 3.05) is 12.3 Å². The normalized spacial score (nSPS) is 32.6. The van der Waals surface area contributed by atoms with Crippen LogP contribution in [0.2, 0.25) is 0 Å². The molecule has 1 aliphatic rings. The van der Waals surface area contributed by atoms with E-state index in [2.05, 4.69) is 16.5 Å². The van der Waals surface area contributed by atoms with Crippen LogP contribution in [0.15, 0.2) is 31.2 Å². The number of fused-ring (bicyclic) bond motifs is 1. The Morgan fingerprint density at radius 1 is 1.52 bits per heavy atom. The number of nitrogen functional groups attached to an aromatic ring is 1. The van der Waals surface area contributed by atoms with Crippen LogP contribution in [-0.4, -0.2) is 54.3 Å². The molecular weight excluding hydrogens is 276 g/mol. The largest absolute Gasteiger partial charge is 0.394 e. The third kappa shape index (κ3) is 1.84. The molecule has 0 spiro atoms. The van der Waals surface area contributed by atoms with E-state index < -0.39 is 30.6 Å². The van der Waals surface area contributed by atoms with Gasteiger partial charge in [0.25, 0.3) is 0 Å². The first-order valence-electron chi connectivity index (χ1n) is 6.40. The minimum absolute atomic E-state index is 0.304. The third-order valence-electron chi connectivity index (χ3n) is 3.82. The average molecular weight is 292 g/mol. The fourth-order valence-electron chi connectivity index (χ4n) is 2.63. The van der Waals surface area contributed by atoms with Crippen LogP contribution in [-0.2, 0) is 4.74 Å². The predicted molar refractivity (Wildman–Crippen MR) is 74.1 cm³/mol. The van der Waals surface area contributed by atoms with Gasteiger partial charge in [0.2, 0.25) is 0 Å². The summed E-state index contributed by atoms with van der Waals surface area (Å²) in [6.45, 7) is 3.12. The Kier molecular flexibility index (Phi) is 3.18. The van der Waals surface area contributed by atoms with Crippen molar-refractivity contribution in [3.05, 3.63) is 31.2 Å². The molecule has 5 N–H and O–H groups in total. The minimum atomic E-state index is -1.75. The van der Waals surface area contributed by atoms with Crippen LogP contribution in [0.25, 0.3) is 11.0 Å². The zero-order valence-corrected chi connectivity index (χ0v) is 11.1. The monoisotopic (exact) mass is 292 g/mol. The number of anilines is 1. The molecule has 2 aromatic heterocycles. The summed E-state index contributed by atoms with van der Waals surface area (Å²) in [4.78, 5) is 8.01. The van der Waals surface area contributed by atoms with Gasteiger partial charge in [0.1, 0.15) is 30.0 Å². The smallest absolute Gasteiger partial charge is 0.171 e. The van der Waals surface area contributed by atoms with Gasteiger partial charge in [-0.15, -0.1) is 0 Å². The number of rotatable bonds is 3. The standard InChI is InChI=1S/C13H16N4O4/c1-2-13(20)9(19)8(5-18)21-12(13)17-4-3-7-10(14)15-6-16-11(7)17/h2-4,6,8-9,12,18-20H,1,5H2,(H2,14,15,16)/t8-,9+,12-,13?/m1/s1. The highest BCUT2D eigenvalue weighted by molar-refractivity contribution is 5.86. The molecule has 1 unspecified atom stereocenters. The van der Waals surface area contributed by atoms with Crippen molar-refractivity contribution in [2.45, 2.75) is 24.0 Å². The van der Waals surface area contributed by atoms with Crippen molar-refractivity contribution < 1.29 is 20.1 Å². The molecule has 0 radical (unpaired) electrons. The van der Waals surface area contributed by atoms with Gasteiger partial charge in [-0.25, -0.2) is 9.97 Å². The minimum Gasteiger partial charge on any atom is -0.394 e. The summed E-state index contributed by atoms with van der Waals surface area (Å²) in [5, 5.41) is 30.6. The molecule has 3 heterocycles. The number of aliphatic hydroxyl groups is 3. The highest BCUT2D eigenvalue weighted by atomic mass is 16.6. The molecule has 3 rings (SSSR count). The lowest BCUT2D eigenvalue weighted by Crippen LogP contribution is -2.45. The molecule has 0 bridgehead atoms. The van der Waals surface area contributed by atoms with E-state index in [1.165, 1.54) is 17.0 Å². The number of aliphatic hydroxyl groups excluding tert-OH is 2. The van der Waals surface area contributed by atoms with E-state index in [1.807, 2.05) is 0 Å². The Morgan fingerprint density at radius 2 is 2.29 bits per heavy atom. The SMILES string of the molecule is C=CC1(O)[C@@H](O)[C@@H](CO)O[C@H]1n1ccc2c(N)ncnc21. The van der Waals surface area contributed by atoms with Gasteiger partial charge >= 0.3 is 0 Å². The van der Waals surface area contributed by atoms with Crippen molar-refractivity contribution in [3.8, 4) is 0 Å². The first-order chi connectivity index (χ1) is 10.0. The van der Waals surface area contributed by atoms with Gasteiger partial charge < -0.3 is 30.4 Å². The summed E-state index contributed by atoms with van der Waals surface area (Å²) >= 11 is 0. The van der Waals surface area contributed by atoms with Crippen molar-refractivity contribution in [3.63, 3.8) is 0 Å². The summed E-state index contributed by atoms with van der Waals surface area (Å²) in [6, 6.07) is 1.69. The number of hydrogen-bond donors (Lipinski definition) is 4. The van der Waals surface area contributed by atoms with Crippen LogP contribution in [0.1, 0.15) is 6.23 Å². The van der Waals surface area contributed by atoms with Crippen molar-refractivity contribution in [1.29, 1.82) is 0 Å². The van der Waals surface area contributed by atoms with Crippen LogP contribution in [0.3, 0.4) is 0 Å². The van der Waals surface area contributed by atoms with Crippen molar-refractivity contribution >= 4 is 16.9 Å². The molecule has 1 saturated heterocycles. The number of aromatic nitrogens is 3. The van der Waals surface area contributed by atoms with Crippen LogP contribution in [0.4, 0.5) is 5.82 Å². The highest BCUT2D eigenvalue weighted by Gasteiger charge is 2.54. The molecule has 2 aromatic rings. The summed E-state index contributed by atoms with van der Waals surface area (Å²) in [7, 11) is 0. The maximum atomic E-state index is 10.6. The Bertz CT molecular complexity index is 688. The van der Waals surface area contributed by atoms with E-state index in [1.54, 1.807) is 12.3 Å². The predicted octanol–water partition coefficient (Wildman–Crippen LogP) is -0.819. The van der Waals surface area contributed by atoms with E-state index in [4.69, 9.17) is 10.5 Å². The Morgan fingerprint density at radius 3 is 2.95 bits per heavy atom. The molecule has 8 nitrogen and oxygen atoms in total. The van der Waals surface area contributed by atoms with Crippen LogP contribution >= 0.6 is 0 Å². The molecule has 4 atom stereocenters. The molecule has 0 aromatic carbocycles. The van der Waals surface area contributed by atoms with Gasteiger partial charge in [0.15, 0.2) is 11.8 Å². The topological polar surface area (TPSA) is 127 Å². The van der Waals surface area contributed by atoms with Crippen molar-refractivity contribution in [2.24, 2.45) is 0 Å². The second-order valence-corrected chi connectivity index (χ2v) is 4.96. The molecular formula is C13H16N4O4. The van der Waals surface area contributed by atoms with Gasteiger partial charge in [0.05, 0.1) is 12.0 Å². The van der Waals surface area contributed by atoms with Gasteiger partial charge in [-0.05, 0) is 6.07 Å². The van der Waals surface area contributed by atoms with E-state index in [9.17, 15) is 15.3 Å². The van der Waals surface area contributed by atoms with Gasteiger partial charge in [0, 0.05) is 6.20 Å². The van der Waals surface area contributed by atoms with Gasteiger partial charge in [-0.3, -0.25) is 0 Å². The van der Waals surface area contributed by atoms with E-state index >= 15 is 0 Å². The highest BCUT2D eigenvalue weighted by Crippen LogP contribution is 2.40. The zero-order chi connectivity index (χ0) is 15.2. The first kappa shape index (κ1) is 14.0. The zero-order valence-electron chi connectivity index (χ0n) is 11.1. The average Bonchev–Trinajstić information content (AvgIpc) is 3.01. The summed E-state index contributed by atoms with van der Waals surface area (Å²) in [6.07, 6.45) is 0.927. The molecule has 0 amide bonds. The number of hydrogen-bond acceptors (Lipinski definition) is 7. The molecule has 112 valence electrons. The van der Waals surface area contributed by atoms with E-state index in [-0.39, 0.29) is 0 Å². The molecule has 1 aliphatic heterocycles. The quantitative estimate of drug-likeness (QED) is 0.544. The Labute approximate surface area is 120 Å². The van der Waals surface area contributed by atoms with Crippen LogP contribution in [0, 0.1) is 0 Å². The number of nitrogens with two attached hydrogens (primary N) is 1. The van der Waals surface area contributed by atoms with Gasteiger partial charge in [-0.1, -0.05) is 12.7 Å². The second kappa shape index (κ2) is 4.78. The lowest BCUT2D eigenvalue weighted by molar-refractivity contribution is -0.0768. The Balaban J connectivity index is 2.13. The maximum Gasteiger partial charge on any atom is 0.171 e. The molecule has 0 aliphatic carbocycles. The van der Waals surface area contributed by atoms with Crippen LogP contribution < -0.4 is 5.73 Å². The Hall–Kier alpha value is -2.00. The molecule has 8 heteroatoms. The molecule has 0 saturated carbocycles. The lowest BCUT2D eigenvalue weighted by atomic mass is 9.94. The van der Waals surface area contributed by atoms with E-state index in [0.29, 0.717) is 16.9 Å². The maximum absolute atomic E-state index is 10.6. The third-order valence-corrected chi connectivity index (χ3v) is 3.82. The van der Waals surface area contributed by atoms with E-state index in [0.717, 1.165) is 0 Å². The fraction of sp³-hybridized carbons (Fsp3) is 0.385. The fourth-order valence-corrected chi connectivity index (χ4v) is 2.63. The van der Waals surface area contributed by atoms with Crippen molar-refractivity contribution in [1.82, 2.24) is 14.5 Å². The number of nitrogens with zero attached hydrogens (tertiary/aromatic N) is 3. The summed E-state index contributed by atoms with van der Waals surface area (Å²) < 4.78 is 7.10. The summed E-state index contributed by atoms with van der Waals surface area (Å²) in [5.41, 5.74) is 4.48.